The van der Waals surface area contributed by atoms with E-state index in [4.69, 9.17) is 28.5 Å². The minimum atomic E-state index is -1.22. The molecule has 92 valence electrons. The molecule has 17 heavy (non-hydrogen) atoms. The van der Waals surface area contributed by atoms with Crippen molar-refractivity contribution in [3.05, 3.63) is 19.8 Å². The van der Waals surface area contributed by atoms with Crippen molar-refractivity contribution in [3.63, 3.8) is 0 Å². The van der Waals surface area contributed by atoms with Gasteiger partial charge >= 0.3 is 5.97 Å². The predicted octanol–water partition coefficient (Wildman–Crippen LogP) is 2.90. The van der Waals surface area contributed by atoms with E-state index in [0.717, 1.165) is 3.79 Å². The van der Waals surface area contributed by atoms with Crippen LogP contribution in [-0.4, -0.2) is 12.6 Å². The SMILES string of the molecule is C#C[C@](N)(CC(=O)OCC)c1sc(Br)cc1Cl. The van der Waals surface area contributed by atoms with Gasteiger partial charge in [0, 0.05) is 0 Å². The first-order valence-corrected chi connectivity index (χ1v) is 6.79. The third-order valence-corrected chi connectivity index (χ3v) is 4.27. The molecule has 0 aliphatic heterocycles. The van der Waals surface area contributed by atoms with Crippen LogP contribution in [0.25, 0.3) is 0 Å². The monoisotopic (exact) mass is 335 g/mol. The van der Waals surface area contributed by atoms with Crippen molar-refractivity contribution in [1.82, 2.24) is 0 Å². The molecule has 6 heteroatoms. The summed E-state index contributed by atoms with van der Waals surface area (Å²) in [5, 5.41) is 0.451. The van der Waals surface area contributed by atoms with E-state index < -0.39 is 11.5 Å². The van der Waals surface area contributed by atoms with Gasteiger partial charge in [-0.3, -0.25) is 4.79 Å². The highest BCUT2D eigenvalue weighted by Crippen LogP contribution is 2.38. The summed E-state index contributed by atoms with van der Waals surface area (Å²) in [5.41, 5.74) is 4.81. The Bertz CT molecular complexity index is 469. The van der Waals surface area contributed by atoms with Gasteiger partial charge in [-0.15, -0.1) is 17.8 Å². The Morgan fingerprint density at radius 1 is 1.82 bits per heavy atom. The molecule has 0 saturated heterocycles. The van der Waals surface area contributed by atoms with Crippen molar-refractivity contribution in [3.8, 4) is 12.3 Å². The third-order valence-electron chi connectivity index (χ3n) is 2.05. The second-order valence-electron chi connectivity index (χ2n) is 3.33. The van der Waals surface area contributed by atoms with Gasteiger partial charge in [0.1, 0.15) is 5.54 Å². The highest BCUT2D eigenvalue weighted by molar-refractivity contribution is 9.11. The second-order valence-corrected chi connectivity index (χ2v) is 6.16. The summed E-state index contributed by atoms with van der Waals surface area (Å²) < 4.78 is 5.65. The Kier molecular flexibility index (Phi) is 5.02. The summed E-state index contributed by atoms with van der Waals surface area (Å²) in [6.45, 7) is 2.02. The van der Waals surface area contributed by atoms with E-state index in [0.29, 0.717) is 16.5 Å². The van der Waals surface area contributed by atoms with Crippen molar-refractivity contribution in [2.75, 3.05) is 6.61 Å². The van der Waals surface area contributed by atoms with E-state index in [-0.39, 0.29) is 6.42 Å². The maximum atomic E-state index is 11.5. The molecule has 0 unspecified atom stereocenters. The number of carbonyl (C=O) groups is 1. The van der Waals surface area contributed by atoms with E-state index in [1.807, 2.05) is 0 Å². The van der Waals surface area contributed by atoms with Gasteiger partial charge in [-0.1, -0.05) is 17.5 Å². The number of halogens is 2. The molecule has 0 radical (unpaired) electrons. The van der Waals surface area contributed by atoms with Gasteiger partial charge < -0.3 is 10.5 Å². The topological polar surface area (TPSA) is 52.3 Å². The van der Waals surface area contributed by atoms with E-state index in [9.17, 15) is 4.79 Å². The Morgan fingerprint density at radius 2 is 2.47 bits per heavy atom. The Hall–Kier alpha value is -0.540. The predicted molar refractivity (Wildman–Crippen MR) is 73.0 cm³/mol. The van der Waals surface area contributed by atoms with Crippen LogP contribution in [0.1, 0.15) is 18.2 Å². The molecule has 3 nitrogen and oxygen atoms in total. The van der Waals surface area contributed by atoms with Gasteiger partial charge in [0.05, 0.1) is 26.7 Å². The zero-order valence-electron chi connectivity index (χ0n) is 9.13. The number of terminal acetylenes is 1. The molecule has 2 N–H and O–H groups in total. The van der Waals surface area contributed by atoms with E-state index in [2.05, 4.69) is 21.9 Å². The second kappa shape index (κ2) is 5.87. The normalized spacial score (nSPS) is 13.8. The molecule has 0 aliphatic rings. The highest BCUT2D eigenvalue weighted by Gasteiger charge is 2.33. The summed E-state index contributed by atoms with van der Waals surface area (Å²) in [5.74, 6) is 1.98. The first-order valence-electron chi connectivity index (χ1n) is 4.80. The maximum absolute atomic E-state index is 11.5. The molecule has 1 heterocycles. The lowest BCUT2D eigenvalue weighted by molar-refractivity contribution is -0.144. The zero-order chi connectivity index (χ0) is 13.1. The first-order chi connectivity index (χ1) is 7.92. The van der Waals surface area contributed by atoms with Gasteiger partial charge in [0.15, 0.2) is 0 Å². The van der Waals surface area contributed by atoms with Crippen LogP contribution in [0.3, 0.4) is 0 Å². The number of hydrogen-bond acceptors (Lipinski definition) is 4. The van der Waals surface area contributed by atoms with E-state index in [1.165, 1.54) is 11.3 Å². The zero-order valence-corrected chi connectivity index (χ0v) is 12.3. The molecular weight excluding hydrogens is 326 g/mol. The lowest BCUT2D eigenvalue weighted by Crippen LogP contribution is -2.37. The average molecular weight is 337 g/mol. The van der Waals surface area contributed by atoms with Crippen molar-refractivity contribution in [1.29, 1.82) is 0 Å². The van der Waals surface area contributed by atoms with Crippen LogP contribution in [0.2, 0.25) is 5.02 Å². The minimum Gasteiger partial charge on any atom is -0.466 e. The molecule has 0 spiro atoms. The smallest absolute Gasteiger partial charge is 0.309 e. The van der Waals surface area contributed by atoms with Crippen molar-refractivity contribution in [2.24, 2.45) is 5.73 Å². The van der Waals surface area contributed by atoms with Crippen LogP contribution < -0.4 is 5.73 Å². The molecule has 0 saturated carbocycles. The van der Waals surface area contributed by atoms with Crippen LogP contribution in [0.5, 0.6) is 0 Å². The highest BCUT2D eigenvalue weighted by atomic mass is 79.9. The fourth-order valence-corrected chi connectivity index (χ4v) is 3.43. The molecule has 0 amide bonds. The fourth-order valence-electron chi connectivity index (χ4n) is 1.28. The molecule has 0 fully saturated rings. The van der Waals surface area contributed by atoms with Crippen molar-refractivity contribution >= 4 is 44.8 Å². The number of nitrogens with two attached hydrogens (primary N) is 1. The number of hydrogen-bond donors (Lipinski definition) is 1. The molecule has 1 aromatic heterocycles. The first kappa shape index (κ1) is 14.5. The van der Waals surface area contributed by atoms with Gasteiger partial charge in [-0.05, 0) is 28.9 Å². The number of rotatable bonds is 4. The van der Waals surface area contributed by atoms with Crippen LogP contribution in [0.4, 0.5) is 0 Å². The molecular formula is C11H11BrClNO2S. The average Bonchev–Trinajstić information content (AvgIpc) is 2.58. The van der Waals surface area contributed by atoms with Gasteiger partial charge in [-0.2, -0.15) is 0 Å². The molecule has 0 aliphatic carbocycles. The van der Waals surface area contributed by atoms with Crippen LogP contribution in [0, 0.1) is 12.3 Å². The van der Waals surface area contributed by atoms with Gasteiger partial charge in [-0.25, -0.2) is 0 Å². The van der Waals surface area contributed by atoms with Gasteiger partial charge in [0.2, 0.25) is 0 Å². The summed E-state index contributed by atoms with van der Waals surface area (Å²) >= 11 is 10.6. The molecule has 1 rings (SSSR count). The van der Waals surface area contributed by atoms with Crippen molar-refractivity contribution < 1.29 is 9.53 Å². The third kappa shape index (κ3) is 3.46. The molecule has 0 aromatic carbocycles. The molecule has 0 bridgehead atoms. The van der Waals surface area contributed by atoms with Crippen LogP contribution >= 0.6 is 38.9 Å². The maximum Gasteiger partial charge on any atom is 0.309 e. The van der Waals surface area contributed by atoms with Crippen LogP contribution in [0.15, 0.2) is 9.85 Å². The number of thiophene rings is 1. The van der Waals surface area contributed by atoms with Gasteiger partial charge in [0.25, 0.3) is 0 Å². The minimum absolute atomic E-state index is 0.0932. The summed E-state index contributed by atoms with van der Waals surface area (Å²) in [7, 11) is 0. The number of carbonyl (C=O) groups excluding carboxylic acids is 1. The number of ether oxygens (including phenoxy) is 1. The summed E-state index contributed by atoms with van der Waals surface area (Å²) in [4.78, 5) is 12.0. The Morgan fingerprint density at radius 3 is 2.88 bits per heavy atom. The Balaban J connectivity index is 3.01. The molecule has 1 aromatic rings. The standard InChI is InChI=1S/C11H11BrClNO2S/c1-3-11(14,6-9(15)16-4-2)10-7(13)5-8(12)17-10/h1,5H,4,6,14H2,2H3/t11-/m0/s1. The van der Waals surface area contributed by atoms with Crippen molar-refractivity contribution in [2.45, 2.75) is 18.9 Å². The fraction of sp³-hybridized carbons (Fsp3) is 0.364. The van der Waals surface area contributed by atoms with E-state index >= 15 is 0 Å². The summed E-state index contributed by atoms with van der Waals surface area (Å²) in [6, 6.07) is 1.70. The lowest BCUT2D eigenvalue weighted by Gasteiger charge is -2.21. The summed E-state index contributed by atoms with van der Waals surface area (Å²) in [6.07, 6.45) is 5.32. The largest absolute Gasteiger partial charge is 0.466 e. The molecule has 1 atom stereocenters. The number of esters is 1. The quantitative estimate of drug-likeness (QED) is 0.679. The Labute approximate surface area is 117 Å². The lowest BCUT2D eigenvalue weighted by atomic mass is 9.95. The van der Waals surface area contributed by atoms with Crippen LogP contribution in [-0.2, 0) is 15.1 Å². The van der Waals surface area contributed by atoms with E-state index in [1.54, 1.807) is 13.0 Å².